The van der Waals surface area contributed by atoms with Crippen molar-refractivity contribution >= 4 is 27.4 Å². The van der Waals surface area contributed by atoms with Crippen molar-refractivity contribution in [2.75, 3.05) is 18.5 Å². The highest BCUT2D eigenvalue weighted by molar-refractivity contribution is 7.89. The fraction of sp³-hybridized carbons (Fsp3) is 0.222. The van der Waals surface area contributed by atoms with E-state index in [-0.39, 0.29) is 23.7 Å². The Bertz CT molecular complexity index is 646. The molecule has 2 amide bonds. The van der Waals surface area contributed by atoms with Crippen LogP contribution in [0.15, 0.2) is 23.1 Å². The van der Waals surface area contributed by atoms with Crippen LogP contribution in [0.2, 0.25) is 0 Å². The number of benzene rings is 1. The van der Waals surface area contributed by atoms with E-state index in [2.05, 4.69) is 15.5 Å². The van der Waals surface area contributed by atoms with Crippen molar-refractivity contribution in [2.45, 2.75) is 4.90 Å². The van der Waals surface area contributed by atoms with Gasteiger partial charge in [0.15, 0.2) is 0 Å². The van der Waals surface area contributed by atoms with Gasteiger partial charge in [0.1, 0.15) is 4.90 Å². The van der Waals surface area contributed by atoms with Crippen LogP contribution in [0.3, 0.4) is 0 Å². The molecule has 21 heavy (non-hydrogen) atoms. The van der Waals surface area contributed by atoms with E-state index in [1.165, 1.54) is 6.07 Å². The molecule has 0 bridgehead atoms. The second-order valence-corrected chi connectivity index (χ2v) is 5.51. The quantitative estimate of drug-likeness (QED) is 0.181. The second-order valence-electron chi connectivity index (χ2n) is 3.77. The Hall–Kier alpha value is -2.44. The minimum absolute atomic E-state index is 0.00374. The number of nitrogens with two attached hydrogens (primary N) is 2. The fourth-order valence-corrected chi connectivity index (χ4v) is 2.63. The number of hydrogen-bond acceptors (Lipinski definition) is 7. The molecule has 0 atom stereocenters. The Labute approximate surface area is 119 Å². The average Bonchev–Trinajstić information content (AvgIpc) is 2.42. The minimum Gasteiger partial charge on any atom is -0.352 e. The summed E-state index contributed by atoms with van der Waals surface area (Å²) in [7, 11) is -4.05. The molecule has 0 aliphatic carbocycles. The summed E-state index contributed by atoms with van der Waals surface area (Å²) >= 11 is 0. The van der Waals surface area contributed by atoms with Gasteiger partial charge in [-0.1, -0.05) is 0 Å². The van der Waals surface area contributed by atoms with Crippen LogP contribution in [0.4, 0.5) is 16.2 Å². The van der Waals surface area contributed by atoms with E-state index < -0.39 is 26.7 Å². The molecular formula is C9H14N6O5S. The van der Waals surface area contributed by atoms with Crippen molar-refractivity contribution in [1.82, 2.24) is 10.0 Å². The lowest BCUT2D eigenvalue weighted by Crippen LogP contribution is -2.37. The first-order chi connectivity index (χ1) is 9.77. The highest BCUT2D eigenvalue weighted by Gasteiger charge is 2.21. The summed E-state index contributed by atoms with van der Waals surface area (Å²) in [6, 6.07) is 2.37. The zero-order valence-electron chi connectivity index (χ0n) is 10.7. The highest BCUT2D eigenvalue weighted by atomic mass is 32.2. The van der Waals surface area contributed by atoms with Gasteiger partial charge >= 0.3 is 6.03 Å². The third-order valence-electron chi connectivity index (χ3n) is 2.34. The fourth-order valence-electron chi connectivity index (χ4n) is 1.42. The van der Waals surface area contributed by atoms with Crippen molar-refractivity contribution in [3.8, 4) is 0 Å². The number of nitro benzene ring substituents is 1. The van der Waals surface area contributed by atoms with Crippen LogP contribution < -0.4 is 27.0 Å². The van der Waals surface area contributed by atoms with Crippen LogP contribution in [-0.4, -0.2) is 32.5 Å². The van der Waals surface area contributed by atoms with Crippen LogP contribution in [-0.2, 0) is 10.0 Å². The number of carbonyl (C=O) groups excluding carboxylic acids is 1. The minimum atomic E-state index is -4.05. The normalized spacial score (nSPS) is 10.9. The van der Waals surface area contributed by atoms with Crippen LogP contribution in [0.25, 0.3) is 0 Å². The zero-order valence-corrected chi connectivity index (χ0v) is 11.5. The van der Waals surface area contributed by atoms with Gasteiger partial charge in [-0.15, -0.1) is 0 Å². The second kappa shape index (κ2) is 6.83. The molecule has 7 N–H and O–H groups in total. The molecule has 1 aromatic rings. The van der Waals surface area contributed by atoms with E-state index in [0.717, 1.165) is 12.1 Å². The molecule has 0 aliphatic rings. The summed E-state index contributed by atoms with van der Waals surface area (Å²) in [4.78, 5) is 20.0. The van der Waals surface area contributed by atoms with E-state index in [1.807, 2.05) is 0 Å². The summed E-state index contributed by atoms with van der Waals surface area (Å²) in [5.74, 6) is 5.18. The number of anilines is 1. The van der Waals surface area contributed by atoms with E-state index >= 15 is 0 Å². The third-order valence-corrected chi connectivity index (χ3v) is 3.84. The topological polar surface area (TPSA) is 182 Å². The molecule has 0 unspecified atom stereocenters. The van der Waals surface area contributed by atoms with E-state index in [0.29, 0.717) is 0 Å². The molecule has 0 saturated heterocycles. The number of urea groups is 1. The molecule has 0 radical (unpaired) electrons. The molecule has 0 aromatic heterocycles. The summed E-state index contributed by atoms with van der Waals surface area (Å²) in [5.41, 5.74) is 6.57. The number of carbonyl (C=O) groups is 1. The molecular weight excluding hydrogens is 304 g/mol. The largest absolute Gasteiger partial charge is 0.352 e. The Morgan fingerprint density at radius 3 is 2.52 bits per heavy atom. The number of nitrogen functional groups attached to an aromatic ring is 1. The molecule has 1 rings (SSSR count). The maximum absolute atomic E-state index is 12.1. The number of rotatable bonds is 7. The van der Waals surface area contributed by atoms with Gasteiger partial charge in [-0.25, -0.2) is 17.9 Å². The van der Waals surface area contributed by atoms with Crippen LogP contribution in [0.5, 0.6) is 0 Å². The first-order valence-corrected chi connectivity index (χ1v) is 7.04. The Kier molecular flexibility index (Phi) is 5.40. The number of nitrogens with zero attached hydrogens (tertiary/aromatic N) is 1. The summed E-state index contributed by atoms with van der Waals surface area (Å²) in [5, 5.41) is 12.9. The highest BCUT2D eigenvalue weighted by Crippen LogP contribution is 2.25. The SMILES string of the molecule is NNc1ccc([N+](=O)[O-])cc1S(=O)(=O)NCCNC(N)=O. The lowest BCUT2D eigenvalue weighted by Gasteiger charge is -2.11. The Balaban J connectivity index is 2.97. The number of sulfonamides is 1. The van der Waals surface area contributed by atoms with Crippen molar-refractivity contribution in [3.63, 3.8) is 0 Å². The van der Waals surface area contributed by atoms with Crippen molar-refractivity contribution in [2.24, 2.45) is 11.6 Å². The van der Waals surface area contributed by atoms with Crippen molar-refractivity contribution in [1.29, 1.82) is 0 Å². The third kappa shape index (κ3) is 4.55. The van der Waals surface area contributed by atoms with Gasteiger partial charge < -0.3 is 16.5 Å². The maximum atomic E-state index is 12.1. The van der Waals surface area contributed by atoms with Gasteiger partial charge in [-0.3, -0.25) is 16.0 Å². The maximum Gasteiger partial charge on any atom is 0.312 e. The number of amides is 2. The van der Waals surface area contributed by atoms with Gasteiger partial charge in [0.25, 0.3) is 5.69 Å². The summed E-state index contributed by atoms with van der Waals surface area (Å²) in [6.45, 7) is -0.174. The van der Waals surface area contributed by atoms with Gasteiger partial charge in [0, 0.05) is 25.2 Å². The van der Waals surface area contributed by atoms with Gasteiger partial charge in [0.2, 0.25) is 10.0 Å². The molecule has 1 aromatic carbocycles. The molecule has 0 spiro atoms. The molecule has 0 heterocycles. The van der Waals surface area contributed by atoms with Crippen molar-refractivity contribution in [3.05, 3.63) is 28.3 Å². The molecule has 11 nitrogen and oxygen atoms in total. The van der Waals surface area contributed by atoms with Gasteiger partial charge in [-0.05, 0) is 6.07 Å². The molecule has 0 saturated carbocycles. The van der Waals surface area contributed by atoms with E-state index in [4.69, 9.17) is 11.6 Å². The summed E-state index contributed by atoms with van der Waals surface area (Å²) < 4.78 is 26.3. The Morgan fingerprint density at radius 1 is 1.33 bits per heavy atom. The van der Waals surface area contributed by atoms with Crippen LogP contribution in [0, 0.1) is 10.1 Å². The van der Waals surface area contributed by atoms with Crippen molar-refractivity contribution < 1.29 is 18.1 Å². The van der Waals surface area contributed by atoms with E-state index in [9.17, 15) is 23.3 Å². The average molecular weight is 318 g/mol. The lowest BCUT2D eigenvalue weighted by molar-refractivity contribution is -0.385. The standard InChI is InChI=1S/C9H14N6O5S/c10-9(16)12-3-4-13-21(19,20)8-5-6(15(17)18)1-2-7(8)14-11/h1-2,5,13-14H,3-4,11H2,(H3,10,12,16). The summed E-state index contributed by atoms with van der Waals surface area (Å²) in [6.07, 6.45) is 0. The van der Waals surface area contributed by atoms with Crippen LogP contribution >= 0.6 is 0 Å². The molecule has 12 heteroatoms. The van der Waals surface area contributed by atoms with E-state index in [1.54, 1.807) is 0 Å². The smallest absolute Gasteiger partial charge is 0.312 e. The molecule has 0 aliphatic heterocycles. The van der Waals surface area contributed by atoms with Crippen LogP contribution in [0.1, 0.15) is 0 Å². The first kappa shape index (κ1) is 16.6. The number of nitro groups is 1. The predicted molar refractivity (Wildman–Crippen MR) is 73.7 cm³/mol. The number of hydrogen-bond donors (Lipinski definition) is 5. The number of non-ortho nitro benzene ring substituents is 1. The van der Waals surface area contributed by atoms with Gasteiger partial charge in [-0.2, -0.15) is 0 Å². The number of hydrazine groups is 1. The number of primary amides is 1. The monoisotopic (exact) mass is 318 g/mol. The zero-order chi connectivity index (χ0) is 16.0. The number of nitrogens with one attached hydrogen (secondary N) is 3. The Morgan fingerprint density at radius 2 is 2.00 bits per heavy atom. The molecule has 116 valence electrons. The predicted octanol–water partition coefficient (Wildman–Crippen LogP) is -1.17. The first-order valence-electron chi connectivity index (χ1n) is 5.56. The molecule has 0 fully saturated rings. The lowest BCUT2D eigenvalue weighted by atomic mass is 10.3. The van der Waals surface area contributed by atoms with Gasteiger partial charge in [0.05, 0.1) is 10.6 Å².